The molecule has 0 bridgehead atoms. The minimum Gasteiger partial charge on any atom is -0.480 e. The molecule has 7 heteroatoms. The SMILES string of the molecule is CCCCNC(=O)[C@H](Cc1ccccc1)C[C@@H](Cc1ccccc1)C(=O)N[C@@H](CSCc1ccccc1)C(=O)O. The van der Waals surface area contributed by atoms with Gasteiger partial charge >= 0.3 is 5.97 Å². The molecule has 3 rings (SSSR count). The van der Waals surface area contributed by atoms with Crippen LogP contribution in [-0.4, -0.2) is 41.2 Å². The van der Waals surface area contributed by atoms with Gasteiger partial charge in [-0.05, 0) is 42.4 Å². The molecule has 6 nitrogen and oxygen atoms in total. The fraction of sp³-hybridized carbons (Fsp3) is 0.364. The van der Waals surface area contributed by atoms with E-state index in [0.717, 1.165) is 29.5 Å². The van der Waals surface area contributed by atoms with Crippen LogP contribution in [0.25, 0.3) is 0 Å². The van der Waals surface area contributed by atoms with Crippen molar-refractivity contribution in [2.75, 3.05) is 12.3 Å². The Hall–Kier alpha value is -3.58. The van der Waals surface area contributed by atoms with Crippen LogP contribution in [0.15, 0.2) is 91.0 Å². The standard InChI is InChI=1S/C33H40N2O4S/c1-2-3-19-34-31(36)28(20-25-13-7-4-8-14-25)22-29(21-26-15-9-5-10-16-26)32(37)35-30(33(38)39)24-40-23-27-17-11-6-12-18-27/h4-18,28-30H,2-3,19-24H2,1H3,(H,34,36)(H,35,37)(H,38,39)/t28-,29-,30+/m1/s1. The third-order valence-electron chi connectivity index (χ3n) is 6.80. The Labute approximate surface area is 242 Å². The number of hydrogen-bond donors (Lipinski definition) is 3. The van der Waals surface area contributed by atoms with Gasteiger partial charge in [0.05, 0.1) is 0 Å². The molecule has 3 N–H and O–H groups in total. The molecule has 3 aromatic carbocycles. The zero-order valence-electron chi connectivity index (χ0n) is 23.1. The van der Waals surface area contributed by atoms with Crippen LogP contribution >= 0.6 is 11.8 Å². The largest absolute Gasteiger partial charge is 0.480 e. The van der Waals surface area contributed by atoms with E-state index in [2.05, 4.69) is 17.6 Å². The van der Waals surface area contributed by atoms with Gasteiger partial charge in [0, 0.05) is 29.9 Å². The highest BCUT2D eigenvalue weighted by Gasteiger charge is 2.30. The molecule has 0 heterocycles. The number of aliphatic carboxylic acids is 1. The van der Waals surface area contributed by atoms with Crippen molar-refractivity contribution in [1.82, 2.24) is 10.6 Å². The van der Waals surface area contributed by atoms with Gasteiger partial charge in [-0.1, -0.05) is 104 Å². The van der Waals surface area contributed by atoms with E-state index in [-0.39, 0.29) is 17.6 Å². The summed E-state index contributed by atoms with van der Waals surface area (Å²) in [7, 11) is 0. The maximum atomic E-state index is 13.7. The average molecular weight is 561 g/mol. The molecular weight excluding hydrogens is 520 g/mol. The van der Waals surface area contributed by atoms with Crippen molar-refractivity contribution in [3.63, 3.8) is 0 Å². The predicted octanol–water partition coefficient (Wildman–Crippen LogP) is 5.51. The third kappa shape index (κ3) is 10.9. The monoisotopic (exact) mass is 560 g/mol. The fourth-order valence-electron chi connectivity index (χ4n) is 4.57. The van der Waals surface area contributed by atoms with Gasteiger partial charge in [0.25, 0.3) is 0 Å². The smallest absolute Gasteiger partial charge is 0.327 e. The minimum absolute atomic E-state index is 0.0728. The molecule has 0 unspecified atom stereocenters. The van der Waals surface area contributed by atoms with Gasteiger partial charge in [0.15, 0.2) is 0 Å². The van der Waals surface area contributed by atoms with E-state index in [4.69, 9.17) is 0 Å². The lowest BCUT2D eigenvalue weighted by Crippen LogP contribution is -2.46. The Morgan fingerprint density at radius 3 is 1.75 bits per heavy atom. The highest BCUT2D eigenvalue weighted by Crippen LogP contribution is 2.23. The summed E-state index contributed by atoms with van der Waals surface area (Å²) in [6.45, 7) is 2.67. The van der Waals surface area contributed by atoms with E-state index in [1.165, 1.54) is 11.8 Å². The van der Waals surface area contributed by atoms with Crippen molar-refractivity contribution in [1.29, 1.82) is 0 Å². The lowest BCUT2D eigenvalue weighted by atomic mass is 9.84. The highest BCUT2D eigenvalue weighted by atomic mass is 32.2. The quantitative estimate of drug-likeness (QED) is 0.189. The summed E-state index contributed by atoms with van der Waals surface area (Å²) in [6, 6.07) is 28.3. The summed E-state index contributed by atoms with van der Waals surface area (Å²) >= 11 is 1.47. The molecule has 0 aliphatic heterocycles. The molecule has 0 aliphatic rings. The van der Waals surface area contributed by atoms with Crippen LogP contribution in [0.1, 0.15) is 42.9 Å². The van der Waals surface area contributed by atoms with Crippen molar-refractivity contribution in [2.24, 2.45) is 11.8 Å². The first-order chi connectivity index (χ1) is 19.5. The first-order valence-electron chi connectivity index (χ1n) is 14.0. The molecular formula is C33H40N2O4S. The normalized spacial score (nSPS) is 13.1. The molecule has 3 atom stereocenters. The zero-order valence-corrected chi connectivity index (χ0v) is 23.9. The van der Waals surface area contributed by atoms with Gasteiger partial charge in [-0.25, -0.2) is 4.79 Å². The number of unbranched alkanes of at least 4 members (excludes halogenated alkanes) is 1. The summed E-state index contributed by atoms with van der Waals surface area (Å²) in [4.78, 5) is 39.0. The van der Waals surface area contributed by atoms with E-state index in [9.17, 15) is 19.5 Å². The molecule has 0 aromatic heterocycles. The molecule has 2 amide bonds. The lowest BCUT2D eigenvalue weighted by molar-refractivity contribution is -0.142. The number of thioether (sulfide) groups is 1. The Morgan fingerprint density at radius 2 is 1.25 bits per heavy atom. The highest BCUT2D eigenvalue weighted by molar-refractivity contribution is 7.98. The predicted molar refractivity (Wildman–Crippen MR) is 162 cm³/mol. The first kappa shape index (κ1) is 31.0. The molecule has 0 saturated carbocycles. The molecule has 0 radical (unpaired) electrons. The zero-order chi connectivity index (χ0) is 28.6. The summed E-state index contributed by atoms with van der Waals surface area (Å²) in [5.41, 5.74) is 3.10. The molecule has 0 spiro atoms. The average Bonchev–Trinajstić information content (AvgIpc) is 2.97. The summed E-state index contributed by atoms with van der Waals surface area (Å²) in [5.74, 6) is -1.55. The van der Waals surface area contributed by atoms with Crippen LogP contribution in [0, 0.1) is 11.8 Å². The molecule has 0 saturated heterocycles. The second-order valence-corrected chi connectivity index (χ2v) is 11.1. The van der Waals surface area contributed by atoms with Crippen molar-refractivity contribution < 1.29 is 19.5 Å². The van der Waals surface area contributed by atoms with Crippen molar-refractivity contribution in [3.8, 4) is 0 Å². The molecule has 0 fully saturated rings. The van der Waals surface area contributed by atoms with Crippen molar-refractivity contribution >= 4 is 29.5 Å². The minimum atomic E-state index is -1.06. The van der Waals surface area contributed by atoms with Crippen LogP contribution in [0.3, 0.4) is 0 Å². The number of hydrogen-bond acceptors (Lipinski definition) is 4. The first-order valence-corrected chi connectivity index (χ1v) is 15.1. The Kier molecular flexibility index (Phi) is 13.3. The van der Waals surface area contributed by atoms with E-state index in [1.54, 1.807) is 0 Å². The van der Waals surface area contributed by atoms with Crippen LogP contribution in [0.4, 0.5) is 0 Å². The topological polar surface area (TPSA) is 95.5 Å². The fourth-order valence-corrected chi connectivity index (χ4v) is 5.58. The number of carboxylic acids is 1. The third-order valence-corrected chi connectivity index (χ3v) is 7.91. The molecule has 3 aromatic rings. The summed E-state index contributed by atoms with van der Waals surface area (Å²) < 4.78 is 0. The van der Waals surface area contributed by atoms with Crippen molar-refractivity contribution in [2.45, 2.75) is 50.8 Å². The Bertz CT molecular complexity index is 1170. The Morgan fingerprint density at radius 1 is 0.750 bits per heavy atom. The molecule has 0 aliphatic carbocycles. The number of rotatable bonds is 17. The number of carbonyl (C=O) groups is 3. The second kappa shape index (κ2) is 17.2. The van der Waals surface area contributed by atoms with E-state index >= 15 is 0 Å². The van der Waals surface area contributed by atoms with E-state index in [0.29, 0.717) is 31.6 Å². The number of nitrogens with one attached hydrogen (secondary N) is 2. The van der Waals surface area contributed by atoms with Crippen LogP contribution < -0.4 is 10.6 Å². The Balaban J connectivity index is 1.75. The molecule has 212 valence electrons. The van der Waals surface area contributed by atoms with E-state index in [1.807, 2.05) is 91.0 Å². The number of amides is 2. The van der Waals surface area contributed by atoms with Gasteiger partial charge in [-0.15, -0.1) is 0 Å². The summed E-state index contributed by atoms with van der Waals surface area (Å²) in [5, 5.41) is 15.7. The number of carbonyl (C=O) groups excluding carboxylic acids is 2. The lowest BCUT2D eigenvalue weighted by Gasteiger charge is -2.25. The maximum Gasteiger partial charge on any atom is 0.327 e. The van der Waals surface area contributed by atoms with Crippen molar-refractivity contribution in [3.05, 3.63) is 108 Å². The molecule has 40 heavy (non-hydrogen) atoms. The van der Waals surface area contributed by atoms with Crippen LogP contribution in [-0.2, 0) is 33.0 Å². The van der Waals surface area contributed by atoms with Gasteiger partial charge in [0.1, 0.15) is 6.04 Å². The summed E-state index contributed by atoms with van der Waals surface area (Å²) in [6.07, 6.45) is 3.10. The number of carboxylic acid groups (broad SMARTS) is 1. The van der Waals surface area contributed by atoms with Crippen LogP contribution in [0.2, 0.25) is 0 Å². The number of benzene rings is 3. The van der Waals surface area contributed by atoms with Gasteiger partial charge in [-0.2, -0.15) is 11.8 Å². The second-order valence-electron chi connectivity index (χ2n) is 10.1. The van der Waals surface area contributed by atoms with Gasteiger partial charge in [-0.3, -0.25) is 9.59 Å². The van der Waals surface area contributed by atoms with Gasteiger partial charge < -0.3 is 15.7 Å². The van der Waals surface area contributed by atoms with E-state index < -0.39 is 23.8 Å². The van der Waals surface area contributed by atoms with Gasteiger partial charge in [0.2, 0.25) is 11.8 Å². The van der Waals surface area contributed by atoms with Crippen LogP contribution in [0.5, 0.6) is 0 Å². The maximum absolute atomic E-state index is 13.7.